The number of hydrogen-bond donors (Lipinski definition) is 2. The molecule has 1 aliphatic heterocycles. The second-order valence-electron chi connectivity index (χ2n) is 5.35. The summed E-state index contributed by atoms with van der Waals surface area (Å²) in [7, 11) is 0. The van der Waals surface area contributed by atoms with Crippen molar-refractivity contribution >= 4 is 11.7 Å². The van der Waals surface area contributed by atoms with E-state index in [2.05, 4.69) is 5.32 Å². The molecule has 0 bridgehead atoms. The highest BCUT2D eigenvalue weighted by Gasteiger charge is 2.27. The van der Waals surface area contributed by atoms with E-state index in [4.69, 9.17) is 14.6 Å². The molecular weight excluding hydrogens is 246 g/mol. The van der Waals surface area contributed by atoms with E-state index in [0.717, 1.165) is 17.0 Å². The first-order valence-corrected chi connectivity index (χ1v) is 6.28. The number of nitrogens with one attached hydrogen (secondary N) is 1. The molecule has 19 heavy (non-hydrogen) atoms. The lowest BCUT2D eigenvalue weighted by Gasteiger charge is -2.23. The van der Waals surface area contributed by atoms with Gasteiger partial charge in [0.15, 0.2) is 11.5 Å². The van der Waals surface area contributed by atoms with Crippen molar-refractivity contribution in [1.29, 1.82) is 0 Å². The molecule has 5 heteroatoms. The fraction of sp³-hybridized carbons (Fsp3) is 0.500. The van der Waals surface area contributed by atoms with Gasteiger partial charge in [0.25, 0.3) is 0 Å². The second-order valence-corrected chi connectivity index (χ2v) is 5.35. The lowest BCUT2D eigenvalue weighted by Crippen LogP contribution is -2.32. The van der Waals surface area contributed by atoms with Crippen LogP contribution in [-0.2, 0) is 4.79 Å². The van der Waals surface area contributed by atoms with Crippen molar-refractivity contribution in [3.05, 3.63) is 17.7 Å². The SMILES string of the molecule is Cc1cc2c(cc1NCC(C)(C)C(=O)O)OCCO2. The zero-order chi connectivity index (χ0) is 14.0. The highest BCUT2D eigenvalue weighted by Crippen LogP contribution is 2.35. The maximum atomic E-state index is 11.1. The molecule has 0 aromatic heterocycles. The number of rotatable bonds is 4. The molecule has 1 aromatic rings. The van der Waals surface area contributed by atoms with Gasteiger partial charge in [-0.25, -0.2) is 0 Å². The molecule has 0 aliphatic carbocycles. The fourth-order valence-electron chi connectivity index (χ4n) is 1.77. The van der Waals surface area contributed by atoms with Gasteiger partial charge in [0.05, 0.1) is 5.41 Å². The van der Waals surface area contributed by atoms with Crippen LogP contribution in [0.15, 0.2) is 12.1 Å². The Morgan fingerprint density at radius 2 is 1.89 bits per heavy atom. The summed E-state index contributed by atoms with van der Waals surface area (Å²) < 4.78 is 11.0. The third kappa shape index (κ3) is 2.92. The predicted molar refractivity (Wildman–Crippen MR) is 72.1 cm³/mol. The van der Waals surface area contributed by atoms with E-state index in [1.165, 1.54) is 0 Å². The molecule has 0 fully saturated rings. The van der Waals surface area contributed by atoms with Crippen LogP contribution >= 0.6 is 0 Å². The Kier molecular flexibility index (Phi) is 3.55. The number of anilines is 1. The Bertz CT molecular complexity index is 496. The summed E-state index contributed by atoms with van der Waals surface area (Å²) in [5.41, 5.74) is 1.06. The molecule has 1 heterocycles. The van der Waals surface area contributed by atoms with Gasteiger partial charge in [-0.2, -0.15) is 0 Å². The van der Waals surface area contributed by atoms with Gasteiger partial charge in [-0.15, -0.1) is 0 Å². The summed E-state index contributed by atoms with van der Waals surface area (Å²) in [4.78, 5) is 11.1. The van der Waals surface area contributed by atoms with Crippen molar-refractivity contribution in [2.45, 2.75) is 20.8 Å². The molecule has 0 radical (unpaired) electrons. The fourth-order valence-corrected chi connectivity index (χ4v) is 1.77. The van der Waals surface area contributed by atoms with Crippen LogP contribution in [0.5, 0.6) is 11.5 Å². The first kappa shape index (κ1) is 13.5. The normalized spacial score (nSPS) is 14.1. The highest BCUT2D eigenvalue weighted by molar-refractivity contribution is 5.74. The molecule has 1 aliphatic rings. The molecule has 0 saturated heterocycles. The van der Waals surface area contributed by atoms with E-state index in [-0.39, 0.29) is 0 Å². The standard InChI is InChI=1S/C14H19NO4/c1-9-6-11-12(19-5-4-18-11)7-10(9)15-8-14(2,3)13(16)17/h6-7,15H,4-5,8H2,1-3H3,(H,16,17). The highest BCUT2D eigenvalue weighted by atomic mass is 16.6. The average molecular weight is 265 g/mol. The smallest absolute Gasteiger partial charge is 0.310 e. The Balaban J connectivity index is 2.15. The van der Waals surface area contributed by atoms with E-state index < -0.39 is 11.4 Å². The van der Waals surface area contributed by atoms with Crippen molar-refractivity contribution in [1.82, 2.24) is 0 Å². The topological polar surface area (TPSA) is 67.8 Å². The number of carbonyl (C=O) groups is 1. The van der Waals surface area contributed by atoms with E-state index in [9.17, 15) is 4.79 Å². The first-order chi connectivity index (χ1) is 8.90. The van der Waals surface area contributed by atoms with Gasteiger partial charge >= 0.3 is 5.97 Å². The second kappa shape index (κ2) is 4.99. The molecule has 0 atom stereocenters. The molecule has 2 rings (SSSR count). The molecule has 2 N–H and O–H groups in total. The van der Waals surface area contributed by atoms with Gasteiger partial charge in [-0.3, -0.25) is 4.79 Å². The van der Waals surface area contributed by atoms with Gasteiger partial charge in [-0.05, 0) is 32.4 Å². The van der Waals surface area contributed by atoms with E-state index in [1.54, 1.807) is 13.8 Å². The summed E-state index contributed by atoms with van der Waals surface area (Å²) in [6.07, 6.45) is 0. The van der Waals surface area contributed by atoms with Crippen molar-refractivity contribution < 1.29 is 19.4 Å². The first-order valence-electron chi connectivity index (χ1n) is 6.28. The van der Waals surface area contributed by atoms with Gasteiger partial charge in [-0.1, -0.05) is 0 Å². The Morgan fingerprint density at radius 1 is 1.32 bits per heavy atom. The zero-order valence-corrected chi connectivity index (χ0v) is 11.4. The molecule has 5 nitrogen and oxygen atoms in total. The third-order valence-electron chi connectivity index (χ3n) is 3.19. The van der Waals surface area contributed by atoms with E-state index >= 15 is 0 Å². The Labute approximate surface area is 112 Å². The minimum Gasteiger partial charge on any atom is -0.486 e. The lowest BCUT2D eigenvalue weighted by molar-refractivity contribution is -0.146. The molecular formula is C14H19NO4. The monoisotopic (exact) mass is 265 g/mol. The quantitative estimate of drug-likeness (QED) is 0.874. The molecule has 0 amide bonds. The van der Waals surface area contributed by atoms with Gasteiger partial charge in [0.2, 0.25) is 0 Å². The number of hydrogen-bond acceptors (Lipinski definition) is 4. The summed E-state index contributed by atoms with van der Waals surface area (Å²) in [5.74, 6) is 0.620. The summed E-state index contributed by atoms with van der Waals surface area (Å²) in [6.45, 7) is 6.78. The summed E-state index contributed by atoms with van der Waals surface area (Å²) >= 11 is 0. The molecule has 0 unspecified atom stereocenters. The molecule has 0 saturated carbocycles. The minimum absolute atomic E-state index is 0.350. The number of carboxylic acid groups (broad SMARTS) is 1. The van der Waals surface area contributed by atoms with Crippen molar-refractivity contribution in [2.75, 3.05) is 25.1 Å². The van der Waals surface area contributed by atoms with Crippen molar-refractivity contribution in [2.24, 2.45) is 5.41 Å². The number of benzene rings is 1. The van der Waals surface area contributed by atoms with Crippen molar-refractivity contribution in [3.8, 4) is 11.5 Å². The summed E-state index contributed by atoms with van der Waals surface area (Å²) in [6, 6.07) is 3.77. The van der Waals surface area contributed by atoms with Gasteiger partial charge in [0.1, 0.15) is 13.2 Å². The third-order valence-corrected chi connectivity index (χ3v) is 3.19. The van der Waals surface area contributed by atoms with E-state index in [0.29, 0.717) is 25.5 Å². The van der Waals surface area contributed by atoms with Gasteiger partial charge < -0.3 is 19.9 Å². The number of aliphatic carboxylic acids is 1. The molecule has 0 spiro atoms. The average Bonchev–Trinajstić information content (AvgIpc) is 2.36. The summed E-state index contributed by atoms with van der Waals surface area (Å²) in [5, 5.41) is 12.3. The Hall–Kier alpha value is -1.91. The maximum Gasteiger partial charge on any atom is 0.310 e. The lowest BCUT2D eigenvalue weighted by atomic mass is 9.93. The van der Waals surface area contributed by atoms with Gasteiger partial charge in [0, 0.05) is 18.3 Å². The minimum atomic E-state index is -0.824. The predicted octanol–water partition coefficient (Wildman–Crippen LogP) is 2.29. The Morgan fingerprint density at radius 3 is 2.47 bits per heavy atom. The molecule has 104 valence electrons. The number of fused-ring (bicyclic) bond motifs is 1. The zero-order valence-electron chi connectivity index (χ0n) is 11.4. The largest absolute Gasteiger partial charge is 0.486 e. The molecule has 1 aromatic carbocycles. The van der Waals surface area contributed by atoms with Crippen LogP contribution in [0.4, 0.5) is 5.69 Å². The van der Waals surface area contributed by atoms with Crippen LogP contribution in [0, 0.1) is 12.3 Å². The van der Waals surface area contributed by atoms with Crippen molar-refractivity contribution in [3.63, 3.8) is 0 Å². The number of aryl methyl sites for hydroxylation is 1. The van der Waals surface area contributed by atoms with E-state index in [1.807, 2.05) is 19.1 Å². The van der Waals surface area contributed by atoms with Crippen LogP contribution in [0.2, 0.25) is 0 Å². The van der Waals surface area contributed by atoms with Crippen LogP contribution in [0.25, 0.3) is 0 Å². The number of carboxylic acids is 1. The van der Waals surface area contributed by atoms with Crippen LogP contribution in [-0.4, -0.2) is 30.8 Å². The maximum absolute atomic E-state index is 11.1. The van der Waals surface area contributed by atoms with Crippen LogP contribution in [0.3, 0.4) is 0 Å². The van der Waals surface area contributed by atoms with Crippen LogP contribution < -0.4 is 14.8 Å². The number of ether oxygens (including phenoxy) is 2. The van der Waals surface area contributed by atoms with Crippen LogP contribution in [0.1, 0.15) is 19.4 Å².